The van der Waals surface area contributed by atoms with Crippen LogP contribution in [0, 0.1) is 0 Å². The summed E-state index contributed by atoms with van der Waals surface area (Å²) in [6.45, 7) is 5.00. The molecule has 1 amide bonds. The smallest absolute Gasteiger partial charge is 0.366 e. The summed E-state index contributed by atoms with van der Waals surface area (Å²) in [6.07, 6.45) is -15.8. The van der Waals surface area contributed by atoms with Crippen molar-refractivity contribution < 1.29 is 49.0 Å². The standard InChI is InChI=1S/C25H21F9N2O2/c1-4-18-20-15(11-22(2,3)38-18)19-16(25(32,33)34)6-5-7-17(19)36(20)21(37)35-14-9-12(23(26,27)28)8-13(10-14)24(29,30)31/h5-10,18H,4,11H2,1-3H3,(H,35,37)/t18-/m0/s1. The maximum absolute atomic E-state index is 14.0. The number of rotatable bonds is 2. The Kier molecular flexibility index (Phi) is 6.53. The molecule has 2 heterocycles. The van der Waals surface area contributed by atoms with Gasteiger partial charge in [0.1, 0.15) is 0 Å². The molecule has 1 aliphatic rings. The van der Waals surface area contributed by atoms with E-state index < -0.39 is 58.6 Å². The van der Waals surface area contributed by atoms with Gasteiger partial charge >= 0.3 is 24.6 Å². The average molecular weight is 552 g/mol. The predicted octanol–water partition coefficient (Wildman–Crippen LogP) is 8.58. The number of ether oxygens (including phenoxy) is 1. The summed E-state index contributed by atoms with van der Waals surface area (Å²) in [6, 6.07) is 2.46. The largest absolute Gasteiger partial charge is 0.417 e. The minimum absolute atomic E-state index is 0.0233. The van der Waals surface area contributed by atoms with Crippen molar-refractivity contribution in [2.45, 2.75) is 63.8 Å². The van der Waals surface area contributed by atoms with Crippen LogP contribution >= 0.6 is 0 Å². The van der Waals surface area contributed by atoms with Gasteiger partial charge in [-0.15, -0.1) is 0 Å². The number of alkyl halides is 9. The lowest BCUT2D eigenvalue weighted by molar-refractivity contribution is -0.143. The summed E-state index contributed by atoms with van der Waals surface area (Å²) in [4.78, 5) is 13.4. The highest BCUT2D eigenvalue weighted by Gasteiger charge is 2.42. The molecular formula is C25H21F9N2O2. The van der Waals surface area contributed by atoms with Crippen LogP contribution in [0.25, 0.3) is 10.9 Å². The molecule has 0 fully saturated rings. The van der Waals surface area contributed by atoms with E-state index in [0.717, 1.165) is 16.7 Å². The Balaban J connectivity index is 1.94. The van der Waals surface area contributed by atoms with Crippen LogP contribution in [-0.4, -0.2) is 16.2 Å². The number of aromatic nitrogens is 1. The van der Waals surface area contributed by atoms with Crippen LogP contribution in [0.3, 0.4) is 0 Å². The summed E-state index contributed by atoms with van der Waals surface area (Å²) in [5.41, 5.74) is -6.05. The molecule has 3 aromatic rings. The van der Waals surface area contributed by atoms with Crippen molar-refractivity contribution in [3.05, 3.63) is 64.3 Å². The highest BCUT2D eigenvalue weighted by Crippen LogP contribution is 2.46. The summed E-state index contributed by atoms with van der Waals surface area (Å²) in [7, 11) is 0. The van der Waals surface area contributed by atoms with E-state index in [2.05, 4.69) is 0 Å². The van der Waals surface area contributed by atoms with Gasteiger partial charge in [-0.2, -0.15) is 39.5 Å². The number of benzene rings is 2. The van der Waals surface area contributed by atoms with Gasteiger partial charge in [0.05, 0.1) is 39.6 Å². The Morgan fingerprint density at radius 1 is 0.974 bits per heavy atom. The van der Waals surface area contributed by atoms with E-state index in [4.69, 9.17) is 4.74 Å². The molecule has 0 bridgehead atoms. The number of nitrogens with zero attached hydrogens (tertiary/aromatic N) is 1. The molecule has 1 aromatic heterocycles. The number of fused-ring (bicyclic) bond motifs is 3. The van der Waals surface area contributed by atoms with E-state index in [1.165, 1.54) is 6.07 Å². The van der Waals surface area contributed by atoms with Crippen LogP contribution in [0.2, 0.25) is 0 Å². The highest BCUT2D eigenvalue weighted by molar-refractivity contribution is 6.02. The fourth-order valence-electron chi connectivity index (χ4n) is 4.80. The number of hydrogen-bond donors (Lipinski definition) is 1. The molecule has 1 atom stereocenters. The molecule has 0 spiro atoms. The third-order valence-electron chi connectivity index (χ3n) is 6.22. The lowest BCUT2D eigenvalue weighted by Crippen LogP contribution is -2.36. The molecule has 0 aliphatic carbocycles. The minimum atomic E-state index is -5.16. The van der Waals surface area contributed by atoms with Gasteiger partial charge in [0, 0.05) is 17.5 Å². The zero-order chi connectivity index (χ0) is 28.4. The van der Waals surface area contributed by atoms with Crippen molar-refractivity contribution in [1.82, 2.24) is 4.57 Å². The maximum atomic E-state index is 14.0. The summed E-state index contributed by atoms with van der Waals surface area (Å²) < 4.78 is 129. The molecule has 2 aromatic carbocycles. The third-order valence-corrected chi connectivity index (χ3v) is 6.22. The first-order chi connectivity index (χ1) is 17.3. The van der Waals surface area contributed by atoms with Crippen molar-refractivity contribution >= 4 is 22.6 Å². The van der Waals surface area contributed by atoms with Gasteiger partial charge in [-0.25, -0.2) is 4.79 Å². The molecule has 38 heavy (non-hydrogen) atoms. The van der Waals surface area contributed by atoms with Crippen molar-refractivity contribution in [1.29, 1.82) is 0 Å². The van der Waals surface area contributed by atoms with Crippen LogP contribution in [0.4, 0.5) is 50.0 Å². The summed E-state index contributed by atoms with van der Waals surface area (Å²) >= 11 is 0. The van der Waals surface area contributed by atoms with Crippen molar-refractivity contribution in [2.75, 3.05) is 5.32 Å². The molecular weight excluding hydrogens is 531 g/mol. The number of carbonyl (C=O) groups excluding carboxylic acids is 1. The summed E-state index contributed by atoms with van der Waals surface area (Å²) in [5.74, 6) is 0. The monoisotopic (exact) mass is 552 g/mol. The molecule has 0 saturated carbocycles. The van der Waals surface area contributed by atoms with Crippen LogP contribution in [0.5, 0.6) is 0 Å². The molecule has 0 saturated heterocycles. The molecule has 1 aliphatic heterocycles. The van der Waals surface area contributed by atoms with Gasteiger partial charge in [0.25, 0.3) is 0 Å². The zero-order valence-electron chi connectivity index (χ0n) is 20.1. The van der Waals surface area contributed by atoms with E-state index in [0.29, 0.717) is 12.1 Å². The molecule has 13 heteroatoms. The second kappa shape index (κ2) is 8.92. The number of halogens is 9. The van der Waals surface area contributed by atoms with Gasteiger partial charge in [0.2, 0.25) is 0 Å². The normalized spacial score (nSPS) is 17.9. The Morgan fingerprint density at radius 3 is 2.05 bits per heavy atom. The second-order valence-corrected chi connectivity index (χ2v) is 9.57. The molecule has 206 valence electrons. The van der Waals surface area contributed by atoms with E-state index >= 15 is 0 Å². The van der Waals surface area contributed by atoms with E-state index in [1.54, 1.807) is 20.8 Å². The van der Waals surface area contributed by atoms with E-state index in [1.807, 2.05) is 5.32 Å². The summed E-state index contributed by atoms with van der Waals surface area (Å²) in [5, 5.41) is 1.74. The fourth-order valence-corrected chi connectivity index (χ4v) is 4.80. The highest BCUT2D eigenvalue weighted by atomic mass is 19.4. The van der Waals surface area contributed by atoms with E-state index in [-0.39, 0.29) is 41.1 Å². The average Bonchev–Trinajstić information content (AvgIpc) is 3.09. The number of nitrogens with one attached hydrogen (secondary N) is 1. The van der Waals surface area contributed by atoms with Crippen molar-refractivity contribution in [3.8, 4) is 0 Å². The maximum Gasteiger partial charge on any atom is 0.417 e. The first kappa shape index (κ1) is 27.8. The van der Waals surface area contributed by atoms with E-state index in [9.17, 15) is 44.3 Å². The number of anilines is 1. The Bertz CT molecular complexity index is 1370. The third kappa shape index (κ3) is 5.07. The van der Waals surface area contributed by atoms with Crippen molar-refractivity contribution in [3.63, 3.8) is 0 Å². The zero-order valence-corrected chi connectivity index (χ0v) is 20.1. The lowest BCUT2D eigenvalue weighted by Gasteiger charge is -2.36. The van der Waals surface area contributed by atoms with Gasteiger partial charge in [-0.1, -0.05) is 13.0 Å². The SMILES string of the molecule is CC[C@@H]1OC(C)(C)Cc2c1n(C(=O)Nc1cc(C(F)(F)F)cc(C(F)(F)F)c1)c1cccc(C(F)(F)F)c21. The molecule has 1 N–H and O–H groups in total. The number of amides is 1. The molecule has 4 nitrogen and oxygen atoms in total. The minimum Gasteiger partial charge on any atom is -0.366 e. The van der Waals surface area contributed by atoms with Gasteiger partial charge in [-0.05, 0) is 56.2 Å². The predicted molar refractivity (Wildman–Crippen MR) is 120 cm³/mol. The van der Waals surface area contributed by atoms with Crippen LogP contribution in [-0.2, 0) is 29.7 Å². The first-order valence-electron chi connectivity index (χ1n) is 11.4. The fraction of sp³-hybridized carbons (Fsp3) is 0.400. The first-order valence-corrected chi connectivity index (χ1v) is 11.4. The molecule has 0 unspecified atom stereocenters. The van der Waals surface area contributed by atoms with Gasteiger partial charge < -0.3 is 10.1 Å². The van der Waals surface area contributed by atoms with Crippen LogP contribution < -0.4 is 5.32 Å². The number of carbonyl (C=O) groups is 1. The van der Waals surface area contributed by atoms with Gasteiger partial charge in [-0.3, -0.25) is 4.57 Å². The van der Waals surface area contributed by atoms with Crippen LogP contribution in [0.15, 0.2) is 36.4 Å². The Morgan fingerprint density at radius 2 is 1.55 bits per heavy atom. The van der Waals surface area contributed by atoms with Gasteiger partial charge in [0.15, 0.2) is 0 Å². The quantitative estimate of drug-likeness (QED) is 0.324. The second-order valence-electron chi connectivity index (χ2n) is 9.57. The Labute approximate surface area is 210 Å². The van der Waals surface area contributed by atoms with Crippen LogP contribution in [0.1, 0.15) is 61.2 Å². The van der Waals surface area contributed by atoms with Crippen molar-refractivity contribution in [2.24, 2.45) is 0 Å². The topological polar surface area (TPSA) is 43.3 Å². The molecule has 0 radical (unpaired) electrons. The number of hydrogen-bond acceptors (Lipinski definition) is 2. The Hall–Kier alpha value is -3.22. The lowest BCUT2D eigenvalue weighted by atomic mass is 9.89. The molecule has 4 rings (SSSR count).